The van der Waals surface area contributed by atoms with E-state index in [0.29, 0.717) is 11.5 Å². The van der Waals surface area contributed by atoms with Crippen LogP contribution in [0.25, 0.3) is 0 Å². The van der Waals surface area contributed by atoms with Crippen LogP contribution in [-0.2, 0) is 11.3 Å². The van der Waals surface area contributed by atoms with Crippen molar-refractivity contribution in [3.63, 3.8) is 0 Å². The van der Waals surface area contributed by atoms with Gasteiger partial charge in [0.25, 0.3) is 0 Å². The minimum absolute atomic E-state index is 0.0523. The van der Waals surface area contributed by atoms with Crippen LogP contribution in [-0.4, -0.2) is 45.1 Å². The molecule has 2 unspecified atom stereocenters. The maximum Gasteiger partial charge on any atom is 0.338 e. The van der Waals surface area contributed by atoms with E-state index < -0.39 is 0 Å². The van der Waals surface area contributed by atoms with Gasteiger partial charge in [-0.3, -0.25) is 4.90 Å². The lowest BCUT2D eigenvalue weighted by Crippen LogP contribution is -2.33. The Morgan fingerprint density at radius 3 is 2.36 bits per heavy atom. The Labute approximate surface area is 195 Å². The van der Waals surface area contributed by atoms with Crippen LogP contribution in [0.3, 0.4) is 0 Å². The van der Waals surface area contributed by atoms with Crippen molar-refractivity contribution in [2.24, 2.45) is 0 Å². The van der Waals surface area contributed by atoms with E-state index in [1.807, 2.05) is 22.9 Å². The largest absolute Gasteiger partial charge is 0.456 e. The van der Waals surface area contributed by atoms with Gasteiger partial charge >= 0.3 is 5.97 Å². The first-order valence-electron chi connectivity index (χ1n) is 12.2. The summed E-state index contributed by atoms with van der Waals surface area (Å²) in [6.07, 6.45) is 8.26. The van der Waals surface area contributed by atoms with E-state index in [4.69, 9.17) is 4.74 Å². The average Bonchev–Trinajstić information content (AvgIpc) is 3.34. The van der Waals surface area contributed by atoms with Gasteiger partial charge < -0.3 is 4.74 Å². The normalized spacial score (nSPS) is 22.2. The predicted octanol–water partition coefficient (Wildman–Crippen LogP) is 5.00. The molecule has 2 aliphatic rings. The highest BCUT2D eigenvalue weighted by molar-refractivity contribution is 5.89. The first-order chi connectivity index (χ1) is 16.3. The molecule has 0 amide bonds. The zero-order valence-electron chi connectivity index (χ0n) is 19.1. The zero-order chi connectivity index (χ0) is 22.5. The third kappa shape index (κ3) is 5.33. The van der Waals surface area contributed by atoms with Crippen LogP contribution in [0.2, 0.25) is 0 Å². The van der Waals surface area contributed by atoms with Crippen LogP contribution in [0.15, 0.2) is 66.9 Å². The van der Waals surface area contributed by atoms with E-state index in [9.17, 15) is 4.79 Å². The van der Waals surface area contributed by atoms with Gasteiger partial charge in [-0.05, 0) is 68.8 Å². The van der Waals surface area contributed by atoms with Gasteiger partial charge in [-0.1, -0.05) is 60.2 Å². The van der Waals surface area contributed by atoms with Crippen molar-refractivity contribution in [3.8, 4) is 0 Å². The molecular formula is C27H32N4O2. The second-order valence-corrected chi connectivity index (χ2v) is 9.31. The molecule has 0 radical (unpaired) electrons. The highest BCUT2D eigenvalue weighted by Crippen LogP contribution is 2.32. The Balaban J connectivity index is 1.18. The van der Waals surface area contributed by atoms with Crippen molar-refractivity contribution in [2.75, 3.05) is 13.1 Å². The molecule has 33 heavy (non-hydrogen) atoms. The molecule has 3 aromatic rings. The number of ether oxygens (including phenoxy) is 1. The minimum Gasteiger partial charge on any atom is -0.456 e. The van der Waals surface area contributed by atoms with Gasteiger partial charge in [0.2, 0.25) is 0 Å². The maximum atomic E-state index is 12.6. The van der Waals surface area contributed by atoms with Crippen molar-refractivity contribution in [1.82, 2.24) is 19.9 Å². The van der Waals surface area contributed by atoms with Crippen LogP contribution in [0.1, 0.15) is 72.1 Å². The van der Waals surface area contributed by atoms with E-state index in [1.54, 1.807) is 12.1 Å². The number of hydrogen-bond donors (Lipinski definition) is 0. The number of esters is 1. The quantitative estimate of drug-likeness (QED) is 0.501. The predicted molar refractivity (Wildman–Crippen MR) is 127 cm³/mol. The topological polar surface area (TPSA) is 60.2 Å². The molecular weight excluding hydrogens is 412 g/mol. The molecule has 6 nitrogen and oxygen atoms in total. The lowest BCUT2D eigenvalue weighted by molar-refractivity contribution is 0.00176. The Hall–Kier alpha value is -2.99. The lowest BCUT2D eigenvalue weighted by Gasteiger charge is -2.32. The van der Waals surface area contributed by atoms with Gasteiger partial charge in [0.05, 0.1) is 23.5 Å². The summed E-state index contributed by atoms with van der Waals surface area (Å²) in [5.41, 5.74) is 3.04. The standard InChI is InChI=1S/C27H32N4O2/c32-27(23-11-5-2-6-12-23)33-26-14-8-7-13-25(26)31-20-24(28-29-31)19-30-17-15-22(16-18-30)21-9-3-1-4-10-21/h1-6,9-12,20,22,25-26H,7-8,13-19H2. The summed E-state index contributed by atoms with van der Waals surface area (Å²) in [6, 6.07) is 20.1. The summed E-state index contributed by atoms with van der Waals surface area (Å²) >= 11 is 0. The van der Waals surface area contributed by atoms with Gasteiger partial charge in [0, 0.05) is 6.54 Å². The van der Waals surface area contributed by atoms with E-state index in [1.165, 1.54) is 18.4 Å². The number of benzene rings is 2. The number of carbonyl (C=O) groups excluding carboxylic acids is 1. The molecule has 2 atom stereocenters. The molecule has 172 valence electrons. The molecule has 6 heteroatoms. The number of likely N-dealkylation sites (tertiary alicyclic amines) is 1. The fraction of sp³-hybridized carbons (Fsp3) is 0.444. The van der Waals surface area contributed by atoms with Gasteiger partial charge in [-0.25, -0.2) is 9.48 Å². The fourth-order valence-electron chi connectivity index (χ4n) is 5.22. The van der Waals surface area contributed by atoms with Crippen molar-refractivity contribution in [2.45, 2.75) is 63.1 Å². The molecule has 0 N–H and O–H groups in total. The molecule has 0 bridgehead atoms. The summed E-state index contributed by atoms with van der Waals surface area (Å²) in [7, 11) is 0. The molecule has 5 rings (SSSR count). The lowest BCUT2D eigenvalue weighted by atomic mass is 9.89. The first-order valence-corrected chi connectivity index (χ1v) is 12.2. The third-order valence-electron chi connectivity index (χ3n) is 7.08. The van der Waals surface area contributed by atoms with Crippen molar-refractivity contribution in [3.05, 3.63) is 83.7 Å². The number of aromatic nitrogens is 3. The van der Waals surface area contributed by atoms with Crippen LogP contribution in [0.4, 0.5) is 0 Å². The van der Waals surface area contributed by atoms with E-state index in [2.05, 4.69) is 51.7 Å². The van der Waals surface area contributed by atoms with Gasteiger partial charge in [-0.2, -0.15) is 0 Å². The third-order valence-corrected chi connectivity index (χ3v) is 7.08. The van der Waals surface area contributed by atoms with Gasteiger partial charge in [-0.15, -0.1) is 5.10 Å². The molecule has 1 aromatic heterocycles. The Bertz CT molecular complexity index is 1030. The molecule has 0 spiro atoms. The molecule has 2 heterocycles. The van der Waals surface area contributed by atoms with Gasteiger partial charge in [0.15, 0.2) is 0 Å². The summed E-state index contributed by atoms with van der Waals surface area (Å²) in [5.74, 6) is 0.398. The first kappa shape index (κ1) is 21.8. The summed E-state index contributed by atoms with van der Waals surface area (Å²) < 4.78 is 7.86. The van der Waals surface area contributed by atoms with E-state index >= 15 is 0 Å². The number of rotatable bonds is 6. The van der Waals surface area contributed by atoms with Crippen molar-refractivity contribution >= 4 is 5.97 Å². The number of hydrogen-bond acceptors (Lipinski definition) is 5. The SMILES string of the molecule is O=C(OC1CCCCC1n1cc(CN2CCC(c3ccccc3)CC2)nn1)c1ccccc1. The molecule has 1 aliphatic carbocycles. The fourth-order valence-corrected chi connectivity index (χ4v) is 5.22. The number of nitrogens with zero attached hydrogens (tertiary/aromatic N) is 4. The summed E-state index contributed by atoms with van der Waals surface area (Å²) in [4.78, 5) is 15.1. The maximum absolute atomic E-state index is 12.6. The average molecular weight is 445 g/mol. The molecule has 1 saturated heterocycles. The zero-order valence-corrected chi connectivity index (χ0v) is 19.1. The Kier molecular flexibility index (Phi) is 6.81. The highest BCUT2D eigenvalue weighted by Gasteiger charge is 2.31. The Morgan fingerprint density at radius 2 is 1.61 bits per heavy atom. The number of piperidine rings is 1. The van der Waals surface area contributed by atoms with Crippen LogP contribution in [0.5, 0.6) is 0 Å². The second-order valence-electron chi connectivity index (χ2n) is 9.31. The summed E-state index contributed by atoms with van der Waals surface area (Å²) in [5, 5.41) is 8.91. The Morgan fingerprint density at radius 1 is 0.909 bits per heavy atom. The van der Waals surface area contributed by atoms with Crippen LogP contribution >= 0.6 is 0 Å². The van der Waals surface area contributed by atoms with Crippen molar-refractivity contribution in [1.29, 1.82) is 0 Å². The van der Waals surface area contributed by atoms with Crippen LogP contribution < -0.4 is 0 Å². The number of carbonyl (C=O) groups is 1. The molecule has 2 aromatic carbocycles. The smallest absolute Gasteiger partial charge is 0.338 e. The molecule has 2 fully saturated rings. The second kappa shape index (κ2) is 10.3. The van der Waals surface area contributed by atoms with E-state index in [0.717, 1.165) is 51.0 Å². The monoisotopic (exact) mass is 444 g/mol. The summed E-state index contributed by atoms with van der Waals surface area (Å²) in [6.45, 7) is 2.98. The van der Waals surface area contributed by atoms with Crippen molar-refractivity contribution < 1.29 is 9.53 Å². The van der Waals surface area contributed by atoms with Crippen LogP contribution in [0, 0.1) is 0 Å². The molecule has 1 saturated carbocycles. The minimum atomic E-state index is -0.255. The molecule has 1 aliphatic heterocycles. The van der Waals surface area contributed by atoms with Gasteiger partial charge in [0.1, 0.15) is 6.10 Å². The van der Waals surface area contributed by atoms with E-state index in [-0.39, 0.29) is 18.1 Å². The highest BCUT2D eigenvalue weighted by atomic mass is 16.5.